The molecule has 1 heterocycles. The van der Waals surface area contributed by atoms with Gasteiger partial charge in [-0.25, -0.2) is 0 Å². The molecule has 21 heavy (non-hydrogen) atoms. The molecule has 1 aromatic carbocycles. The van der Waals surface area contributed by atoms with Crippen LogP contribution in [0.1, 0.15) is 18.9 Å². The van der Waals surface area contributed by atoms with Crippen LogP contribution in [0, 0.1) is 0 Å². The molecule has 1 aliphatic rings. The molecule has 0 spiro atoms. The smallest absolute Gasteiger partial charge is 0.133 e. The lowest BCUT2D eigenvalue weighted by Gasteiger charge is -2.30. The van der Waals surface area contributed by atoms with Gasteiger partial charge >= 0.3 is 0 Å². The highest BCUT2D eigenvalue weighted by Crippen LogP contribution is 2.30. The first-order chi connectivity index (χ1) is 10.2. The molecule has 2 unspecified atom stereocenters. The molecule has 0 saturated carbocycles. The Labute approximate surface area is 145 Å². The Balaban J connectivity index is 2.04. The predicted octanol–water partition coefficient (Wildman–Crippen LogP) is 4.22. The first-order valence-electron chi connectivity index (χ1n) is 7.49. The second kappa shape index (κ2) is 9.33. The molecule has 5 heteroatoms. The molecule has 1 fully saturated rings. The Kier molecular flexibility index (Phi) is 7.78. The molecule has 2 atom stereocenters. The van der Waals surface area contributed by atoms with Crippen molar-refractivity contribution in [3.8, 4) is 5.75 Å². The number of thioether (sulfide) groups is 2. The van der Waals surface area contributed by atoms with Gasteiger partial charge in [0.2, 0.25) is 0 Å². The lowest BCUT2D eigenvalue weighted by atomic mass is 10.0. The minimum absolute atomic E-state index is 0.558. The second-order valence-corrected chi connectivity index (χ2v) is 8.57. The van der Waals surface area contributed by atoms with Gasteiger partial charge in [-0.3, -0.25) is 0 Å². The van der Waals surface area contributed by atoms with E-state index in [0.29, 0.717) is 6.04 Å². The Morgan fingerprint density at radius 3 is 2.90 bits per heavy atom. The molecule has 2 nitrogen and oxygen atoms in total. The Morgan fingerprint density at radius 2 is 2.29 bits per heavy atom. The number of benzene rings is 1. The molecule has 1 N–H and O–H groups in total. The molecule has 0 amide bonds. The molecule has 0 radical (unpaired) electrons. The number of hydrogen-bond acceptors (Lipinski definition) is 4. The summed E-state index contributed by atoms with van der Waals surface area (Å²) in [4.78, 5) is 0. The standard InChI is InChI=1S/C16H24BrNOS2/c1-3-6-18-14(16-11-20-7-8-21-16)10-12-4-5-15(19-2)13(17)9-12/h4-5,9,14,16,18H,3,6-8,10-11H2,1-2H3. The van der Waals surface area contributed by atoms with E-state index in [2.05, 4.69) is 69.9 Å². The van der Waals surface area contributed by atoms with Crippen molar-refractivity contribution < 1.29 is 4.74 Å². The van der Waals surface area contributed by atoms with E-state index in [-0.39, 0.29) is 0 Å². The van der Waals surface area contributed by atoms with Gasteiger partial charge in [0.05, 0.1) is 11.6 Å². The molecule has 1 aliphatic heterocycles. The molecular weight excluding hydrogens is 366 g/mol. The molecular formula is C16H24BrNOS2. The largest absolute Gasteiger partial charge is 0.496 e. The maximum absolute atomic E-state index is 5.32. The minimum Gasteiger partial charge on any atom is -0.496 e. The van der Waals surface area contributed by atoms with Gasteiger partial charge in [-0.2, -0.15) is 23.5 Å². The van der Waals surface area contributed by atoms with Crippen molar-refractivity contribution in [2.45, 2.75) is 31.1 Å². The topological polar surface area (TPSA) is 21.3 Å². The molecule has 0 aromatic heterocycles. The minimum atomic E-state index is 0.558. The van der Waals surface area contributed by atoms with Gasteiger partial charge in [0.1, 0.15) is 5.75 Å². The quantitative estimate of drug-likeness (QED) is 0.752. The van der Waals surface area contributed by atoms with Crippen LogP contribution in [0.3, 0.4) is 0 Å². The monoisotopic (exact) mass is 389 g/mol. The SMILES string of the molecule is CCCNC(Cc1ccc(OC)c(Br)c1)C1CSCCS1. The van der Waals surface area contributed by atoms with Crippen molar-refractivity contribution in [2.75, 3.05) is 30.9 Å². The molecule has 0 aliphatic carbocycles. The lowest BCUT2D eigenvalue weighted by Crippen LogP contribution is -2.43. The van der Waals surface area contributed by atoms with Crippen LogP contribution in [0.15, 0.2) is 22.7 Å². The van der Waals surface area contributed by atoms with Crippen LogP contribution < -0.4 is 10.1 Å². The van der Waals surface area contributed by atoms with Gasteiger partial charge in [-0.05, 0) is 53.0 Å². The highest BCUT2D eigenvalue weighted by molar-refractivity contribution is 9.10. The lowest BCUT2D eigenvalue weighted by molar-refractivity contribution is 0.411. The van der Waals surface area contributed by atoms with E-state index in [1.54, 1.807) is 7.11 Å². The first-order valence-corrected chi connectivity index (χ1v) is 10.5. The van der Waals surface area contributed by atoms with Crippen molar-refractivity contribution in [3.05, 3.63) is 28.2 Å². The second-order valence-electron chi connectivity index (χ2n) is 5.22. The summed E-state index contributed by atoms with van der Waals surface area (Å²) in [6.45, 7) is 3.33. The van der Waals surface area contributed by atoms with E-state index in [1.807, 2.05) is 0 Å². The zero-order valence-electron chi connectivity index (χ0n) is 12.7. The summed E-state index contributed by atoms with van der Waals surface area (Å²) >= 11 is 7.82. The maximum atomic E-state index is 5.32. The van der Waals surface area contributed by atoms with Gasteiger partial charge in [-0.1, -0.05) is 13.0 Å². The van der Waals surface area contributed by atoms with E-state index >= 15 is 0 Å². The third-order valence-corrected chi connectivity index (χ3v) is 7.16. The van der Waals surface area contributed by atoms with E-state index in [4.69, 9.17) is 4.74 Å². The third kappa shape index (κ3) is 5.38. The zero-order chi connectivity index (χ0) is 15.1. The van der Waals surface area contributed by atoms with Gasteiger partial charge in [0.25, 0.3) is 0 Å². The summed E-state index contributed by atoms with van der Waals surface area (Å²) in [5.41, 5.74) is 1.37. The first kappa shape index (κ1) is 17.5. The van der Waals surface area contributed by atoms with Crippen LogP contribution >= 0.6 is 39.5 Å². The van der Waals surface area contributed by atoms with Gasteiger partial charge < -0.3 is 10.1 Å². The van der Waals surface area contributed by atoms with Crippen LogP contribution in [0.2, 0.25) is 0 Å². The van der Waals surface area contributed by atoms with Gasteiger partial charge in [-0.15, -0.1) is 0 Å². The number of ether oxygens (including phenoxy) is 1. The fourth-order valence-corrected chi connectivity index (χ4v) is 5.97. The highest BCUT2D eigenvalue weighted by Gasteiger charge is 2.24. The van der Waals surface area contributed by atoms with E-state index in [0.717, 1.165) is 28.4 Å². The summed E-state index contributed by atoms with van der Waals surface area (Å²) in [6.07, 6.45) is 2.27. The molecule has 1 aromatic rings. The summed E-state index contributed by atoms with van der Waals surface area (Å²) in [6, 6.07) is 6.99. The predicted molar refractivity (Wildman–Crippen MR) is 100 cm³/mol. The number of hydrogen-bond donors (Lipinski definition) is 1. The van der Waals surface area contributed by atoms with Crippen molar-refractivity contribution >= 4 is 39.5 Å². The van der Waals surface area contributed by atoms with Crippen LogP contribution in [0.25, 0.3) is 0 Å². The number of methoxy groups -OCH3 is 1. The Morgan fingerprint density at radius 1 is 1.43 bits per heavy atom. The third-order valence-electron chi connectivity index (χ3n) is 3.62. The number of rotatable bonds is 7. The zero-order valence-corrected chi connectivity index (χ0v) is 16.0. The van der Waals surface area contributed by atoms with Gasteiger partial charge in [0.15, 0.2) is 0 Å². The Hall–Kier alpha value is 0.160. The number of halogens is 1. The molecule has 1 saturated heterocycles. The van der Waals surface area contributed by atoms with Gasteiger partial charge in [0, 0.05) is 28.6 Å². The van der Waals surface area contributed by atoms with E-state index < -0.39 is 0 Å². The summed E-state index contributed by atoms with van der Waals surface area (Å²) < 4.78 is 6.36. The maximum Gasteiger partial charge on any atom is 0.133 e. The van der Waals surface area contributed by atoms with Crippen LogP contribution in [0.4, 0.5) is 0 Å². The van der Waals surface area contributed by atoms with Crippen LogP contribution in [-0.4, -0.2) is 42.2 Å². The Bertz CT molecular complexity index is 438. The van der Waals surface area contributed by atoms with Crippen LogP contribution in [0.5, 0.6) is 5.75 Å². The average molecular weight is 390 g/mol. The molecule has 2 rings (SSSR count). The van der Waals surface area contributed by atoms with Crippen LogP contribution in [-0.2, 0) is 6.42 Å². The molecule has 0 bridgehead atoms. The molecule has 118 valence electrons. The number of nitrogens with one attached hydrogen (secondary N) is 1. The van der Waals surface area contributed by atoms with E-state index in [1.165, 1.54) is 29.2 Å². The highest BCUT2D eigenvalue weighted by atomic mass is 79.9. The van der Waals surface area contributed by atoms with Crippen molar-refractivity contribution in [2.24, 2.45) is 0 Å². The fraction of sp³-hybridized carbons (Fsp3) is 0.625. The van der Waals surface area contributed by atoms with E-state index in [9.17, 15) is 0 Å². The van der Waals surface area contributed by atoms with Crippen molar-refractivity contribution in [3.63, 3.8) is 0 Å². The fourth-order valence-electron chi connectivity index (χ4n) is 2.49. The van der Waals surface area contributed by atoms with Crippen molar-refractivity contribution in [1.29, 1.82) is 0 Å². The summed E-state index contributed by atoms with van der Waals surface area (Å²) in [5, 5.41) is 4.47. The van der Waals surface area contributed by atoms with Crippen molar-refractivity contribution in [1.82, 2.24) is 5.32 Å². The summed E-state index contributed by atoms with van der Waals surface area (Å²) in [5.74, 6) is 4.75. The normalized spacial score (nSPS) is 20.2. The summed E-state index contributed by atoms with van der Waals surface area (Å²) in [7, 11) is 1.71. The average Bonchev–Trinajstić information content (AvgIpc) is 2.52.